The maximum absolute atomic E-state index is 11.3. The van der Waals surface area contributed by atoms with E-state index in [1.807, 2.05) is 43.0 Å². The van der Waals surface area contributed by atoms with E-state index < -0.39 is 0 Å². The number of hydrogen-bond acceptors (Lipinski definition) is 4. The molecule has 0 heterocycles. The van der Waals surface area contributed by atoms with E-state index in [9.17, 15) is 4.79 Å². The minimum Gasteiger partial charge on any atom is -0.466 e. The summed E-state index contributed by atoms with van der Waals surface area (Å²) < 4.78 is 4.70. The molecule has 0 unspecified atom stereocenters. The summed E-state index contributed by atoms with van der Waals surface area (Å²) in [5.41, 5.74) is 0.728. The van der Waals surface area contributed by atoms with E-state index in [2.05, 4.69) is 17.4 Å². The molecule has 0 fully saturated rings. The topological polar surface area (TPSA) is 38.3 Å². The Hall–Kier alpha value is -1.26. The van der Waals surface area contributed by atoms with Crippen LogP contribution >= 0.6 is 11.8 Å². The van der Waals surface area contributed by atoms with Crippen molar-refractivity contribution in [2.24, 2.45) is 0 Å². The zero-order valence-corrected chi connectivity index (χ0v) is 12.3. The molecule has 1 rings (SSSR count). The monoisotopic (exact) mass is 279 g/mol. The molecule has 1 N–H and O–H groups in total. The highest BCUT2D eigenvalue weighted by atomic mass is 32.2. The maximum Gasteiger partial charge on any atom is 0.333 e. The van der Waals surface area contributed by atoms with E-state index in [0.717, 1.165) is 17.9 Å². The van der Waals surface area contributed by atoms with Gasteiger partial charge in [-0.2, -0.15) is 0 Å². The van der Waals surface area contributed by atoms with Crippen LogP contribution in [-0.4, -0.2) is 31.9 Å². The molecule has 104 valence electrons. The van der Waals surface area contributed by atoms with Crippen molar-refractivity contribution < 1.29 is 9.53 Å². The van der Waals surface area contributed by atoms with E-state index >= 15 is 0 Å². The smallest absolute Gasteiger partial charge is 0.333 e. The molecule has 0 atom stereocenters. The fraction of sp³-hybridized carbons (Fsp3) is 0.400. The van der Waals surface area contributed by atoms with Crippen LogP contribution in [-0.2, 0) is 9.53 Å². The number of carbonyl (C=O) groups excluding carboxylic acids is 1. The summed E-state index contributed by atoms with van der Waals surface area (Å²) in [5.74, 6) is 0.778. The molecule has 0 saturated carbocycles. The minimum absolute atomic E-state index is 0.233. The van der Waals surface area contributed by atoms with Crippen molar-refractivity contribution in [3.63, 3.8) is 0 Å². The molecule has 0 aliphatic rings. The molecule has 0 bridgehead atoms. The largest absolute Gasteiger partial charge is 0.466 e. The molecule has 1 aromatic rings. The molecule has 3 nitrogen and oxygen atoms in total. The molecule has 0 aliphatic carbocycles. The first-order chi connectivity index (χ1) is 9.27. The molecule has 19 heavy (non-hydrogen) atoms. The molecular formula is C15H21NO2S. The average molecular weight is 279 g/mol. The molecule has 4 heteroatoms. The Morgan fingerprint density at radius 2 is 2.11 bits per heavy atom. The van der Waals surface area contributed by atoms with Crippen LogP contribution in [0.25, 0.3) is 0 Å². The number of nitrogens with one attached hydrogen (secondary N) is 1. The number of hydrogen-bond donors (Lipinski definition) is 1. The third-order valence-corrected chi connectivity index (χ3v) is 3.63. The number of methoxy groups -OCH3 is 1. The van der Waals surface area contributed by atoms with E-state index in [0.29, 0.717) is 13.0 Å². The van der Waals surface area contributed by atoms with Crippen molar-refractivity contribution in [1.29, 1.82) is 0 Å². The molecule has 0 amide bonds. The van der Waals surface area contributed by atoms with Crippen LogP contribution < -0.4 is 5.32 Å². The van der Waals surface area contributed by atoms with Gasteiger partial charge in [0, 0.05) is 29.3 Å². The Kier molecular flexibility index (Phi) is 8.02. The standard InChI is InChI=1S/C15H21NO2S/c1-3-13(15(17)18-2)9-10-16-11-12-19-14-7-5-4-6-8-14/h4-9,16H,3,10-12H2,1-2H3/b13-9-. The molecule has 0 spiro atoms. The van der Waals surface area contributed by atoms with Gasteiger partial charge in [0.1, 0.15) is 0 Å². The third-order valence-electron chi connectivity index (χ3n) is 2.61. The van der Waals surface area contributed by atoms with Gasteiger partial charge in [0.2, 0.25) is 0 Å². The van der Waals surface area contributed by atoms with Crippen LogP contribution in [0.1, 0.15) is 13.3 Å². The lowest BCUT2D eigenvalue weighted by Crippen LogP contribution is -2.18. The van der Waals surface area contributed by atoms with Crippen molar-refractivity contribution in [3.05, 3.63) is 42.0 Å². The predicted molar refractivity (Wildman–Crippen MR) is 80.4 cm³/mol. The predicted octanol–water partition coefficient (Wildman–Crippen LogP) is 2.88. The highest BCUT2D eigenvalue weighted by Gasteiger charge is 2.05. The summed E-state index contributed by atoms with van der Waals surface area (Å²) in [6.45, 7) is 3.57. The summed E-state index contributed by atoms with van der Waals surface area (Å²) >= 11 is 1.82. The number of carbonyl (C=O) groups is 1. The van der Waals surface area contributed by atoms with Crippen LogP contribution in [0.15, 0.2) is 46.9 Å². The summed E-state index contributed by atoms with van der Waals surface area (Å²) in [6.07, 6.45) is 2.60. The normalized spacial score (nSPS) is 11.4. The van der Waals surface area contributed by atoms with Crippen LogP contribution in [0.2, 0.25) is 0 Å². The first-order valence-corrected chi connectivity index (χ1v) is 7.42. The van der Waals surface area contributed by atoms with Gasteiger partial charge in [-0.05, 0) is 18.6 Å². The average Bonchev–Trinajstić information content (AvgIpc) is 2.47. The van der Waals surface area contributed by atoms with E-state index in [1.54, 1.807) is 0 Å². The Balaban J connectivity index is 2.17. The molecule has 0 aliphatic heterocycles. The zero-order valence-electron chi connectivity index (χ0n) is 11.5. The fourth-order valence-corrected chi connectivity index (χ4v) is 2.39. The van der Waals surface area contributed by atoms with Crippen LogP contribution in [0.4, 0.5) is 0 Å². The number of thioether (sulfide) groups is 1. The number of rotatable bonds is 8. The number of benzene rings is 1. The van der Waals surface area contributed by atoms with Crippen molar-refractivity contribution in [1.82, 2.24) is 5.32 Å². The van der Waals surface area contributed by atoms with E-state index in [-0.39, 0.29) is 5.97 Å². The van der Waals surface area contributed by atoms with Gasteiger partial charge in [-0.1, -0.05) is 31.2 Å². The molecular weight excluding hydrogens is 258 g/mol. The van der Waals surface area contributed by atoms with Crippen molar-refractivity contribution in [2.45, 2.75) is 18.2 Å². The van der Waals surface area contributed by atoms with Gasteiger partial charge in [-0.3, -0.25) is 0 Å². The van der Waals surface area contributed by atoms with Crippen LogP contribution in [0, 0.1) is 0 Å². The summed E-state index contributed by atoms with van der Waals surface area (Å²) in [6, 6.07) is 10.3. The third kappa shape index (κ3) is 6.45. The quantitative estimate of drug-likeness (QED) is 0.344. The van der Waals surface area contributed by atoms with Gasteiger partial charge in [0.25, 0.3) is 0 Å². The van der Waals surface area contributed by atoms with Gasteiger partial charge in [-0.25, -0.2) is 4.79 Å². The second-order valence-corrected chi connectivity index (χ2v) is 5.11. The lowest BCUT2D eigenvalue weighted by Gasteiger charge is -2.04. The summed E-state index contributed by atoms with van der Waals surface area (Å²) in [7, 11) is 1.41. The SMILES string of the molecule is CC/C(=C/CNCCSc1ccccc1)C(=O)OC. The molecule has 0 radical (unpaired) electrons. The molecule has 0 saturated heterocycles. The first kappa shape index (κ1) is 15.8. The summed E-state index contributed by atoms with van der Waals surface area (Å²) in [4.78, 5) is 12.6. The second kappa shape index (κ2) is 9.64. The van der Waals surface area contributed by atoms with Gasteiger partial charge >= 0.3 is 5.97 Å². The van der Waals surface area contributed by atoms with E-state index in [1.165, 1.54) is 12.0 Å². The number of ether oxygens (including phenoxy) is 1. The van der Waals surface area contributed by atoms with Gasteiger partial charge in [0.15, 0.2) is 0 Å². The van der Waals surface area contributed by atoms with Crippen LogP contribution in [0.3, 0.4) is 0 Å². The van der Waals surface area contributed by atoms with Crippen LogP contribution in [0.5, 0.6) is 0 Å². The first-order valence-electron chi connectivity index (χ1n) is 6.43. The molecule has 1 aromatic carbocycles. The minimum atomic E-state index is -0.233. The Labute approximate surface area is 119 Å². The van der Waals surface area contributed by atoms with Crippen molar-refractivity contribution in [3.8, 4) is 0 Å². The maximum atomic E-state index is 11.3. The number of esters is 1. The van der Waals surface area contributed by atoms with Crippen molar-refractivity contribution >= 4 is 17.7 Å². The van der Waals surface area contributed by atoms with Gasteiger partial charge < -0.3 is 10.1 Å². The lowest BCUT2D eigenvalue weighted by atomic mass is 10.2. The Bertz CT molecular complexity index is 404. The summed E-state index contributed by atoms with van der Waals surface area (Å²) in [5, 5.41) is 3.29. The van der Waals surface area contributed by atoms with E-state index in [4.69, 9.17) is 4.74 Å². The van der Waals surface area contributed by atoms with Crippen molar-refractivity contribution in [2.75, 3.05) is 26.0 Å². The van der Waals surface area contributed by atoms with Gasteiger partial charge in [0.05, 0.1) is 7.11 Å². The zero-order chi connectivity index (χ0) is 13.9. The lowest BCUT2D eigenvalue weighted by molar-refractivity contribution is -0.136. The molecule has 0 aromatic heterocycles. The van der Waals surface area contributed by atoms with Gasteiger partial charge in [-0.15, -0.1) is 11.8 Å². The highest BCUT2D eigenvalue weighted by Crippen LogP contribution is 2.15. The Morgan fingerprint density at radius 3 is 2.74 bits per heavy atom. The Morgan fingerprint density at radius 1 is 1.37 bits per heavy atom. The highest BCUT2D eigenvalue weighted by molar-refractivity contribution is 7.99. The fourth-order valence-electron chi connectivity index (χ4n) is 1.56. The second-order valence-electron chi connectivity index (χ2n) is 3.94.